The van der Waals surface area contributed by atoms with Crippen LogP contribution in [0, 0.1) is 0 Å². The van der Waals surface area contributed by atoms with Crippen LogP contribution in [0.5, 0.6) is 11.5 Å². The van der Waals surface area contributed by atoms with Gasteiger partial charge in [-0.25, -0.2) is 9.97 Å². The number of nitrogens with zero attached hydrogens (tertiary/aromatic N) is 2. The first kappa shape index (κ1) is 18.9. The van der Waals surface area contributed by atoms with Gasteiger partial charge in [-0.05, 0) is 60.4 Å². The summed E-state index contributed by atoms with van der Waals surface area (Å²) < 4.78 is 11.0. The van der Waals surface area contributed by atoms with Gasteiger partial charge in [-0.1, -0.05) is 31.9 Å². The predicted octanol–water partition coefficient (Wildman–Crippen LogP) is 5.46. The van der Waals surface area contributed by atoms with Gasteiger partial charge in [0.1, 0.15) is 18.1 Å². The summed E-state index contributed by atoms with van der Waals surface area (Å²) in [6, 6.07) is 15.8. The van der Waals surface area contributed by atoms with Crippen molar-refractivity contribution in [3.8, 4) is 22.9 Å². The van der Waals surface area contributed by atoms with Crippen molar-refractivity contribution >= 4 is 0 Å². The summed E-state index contributed by atoms with van der Waals surface area (Å²) in [7, 11) is 1.66. The molecule has 0 aliphatic carbocycles. The van der Waals surface area contributed by atoms with Crippen molar-refractivity contribution in [2.24, 2.45) is 0 Å². The topological polar surface area (TPSA) is 44.2 Å². The molecular weight excluding hydrogens is 336 g/mol. The maximum atomic E-state index is 5.85. The second kappa shape index (κ2) is 9.72. The maximum absolute atomic E-state index is 5.85. The fourth-order valence-electron chi connectivity index (χ4n) is 2.80. The average Bonchev–Trinajstić information content (AvgIpc) is 2.74. The molecule has 4 heteroatoms. The lowest BCUT2D eigenvalue weighted by atomic mass is 10.1. The van der Waals surface area contributed by atoms with Crippen molar-refractivity contribution < 1.29 is 9.47 Å². The van der Waals surface area contributed by atoms with Crippen molar-refractivity contribution in [2.45, 2.75) is 39.2 Å². The Hall–Kier alpha value is -2.88. The highest BCUT2D eigenvalue weighted by Gasteiger charge is 2.03. The van der Waals surface area contributed by atoms with Crippen LogP contribution in [0.2, 0.25) is 0 Å². The van der Waals surface area contributed by atoms with E-state index < -0.39 is 0 Å². The molecule has 0 aliphatic heterocycles. The first-order valence-corrected chi connectivity index (χ1v) is 9.45. The molecule has 0 bridgehead atoms. The van der Waals surface area contributed by atoms with Gasteiger partial charge >= 0.3 is 0 Å². The highest BCUT2D eigenvalue weighted by molar-refractivity contribution is 5.55. The number of methoxy groups -OCH3 is 1. The Kier molecular flexibility index (Phi) is 6.80. The molecule has 0 unspecified atom stereocenters. The zero-order valence-electron chi connectivity index (χ0n) is 16.0. The van der Waals surface area contributed by atoms with Gasteiger partial charge in [0, 0.05) is 18.0 Å². The van der Waals surface area contributed by atoms with Gasteiger partial charge in [-0.15, -0.1) is 0 Å². The molecule has 0 amide bonds. The quantitative estimate of drug-likeness (QED) is 0.474. The number of rotatable bonds is 9. The molecule has 0 atom stereocenters. The van der Waals surface area contributed by atoms with E-state index in [-0.39, 0.29) is 0 Å². The largest absolute Gasteiger partial charge is 0.497 e. The molecule has 0 N–H and O–H groups in total. The van der Waals surface area contributed by atoms with Crippen LogP contribution in [-0.2, 0) is 13.0 Å². The van der Waals surface area contributed by atoms with E-state index in [2.05, 4.69) is 16.9 Å². The Balaban J connectivity index is 1.56. The van der Waals surface area contributed by atoms with Crippen LogP contribution in [0.4, 0.5) is 0 Å². The number of aryl methyl sites for hydroxylation is 1. The number of aromatic nitrogens is 2. The second-order valence-electron chi connectivity index (χ2n) is 6.53. The Morgan fingerprint density at radius 3 is 2.07 bits per heavy atom. The monoisotopic (exact) mass is 362 g/mol. The van der Waals surface area contributed by atoms with Crippen molar-refractivity contribution in [1.82, 2.24) is 9.97 Å². The number of ether oxygens (including phenoxy) is 2. The van der Waals surface area contributed by atoms with Gasteiger partial charge in [-0.2, -0.15) is 0 Å². The lowest BCUT2D eigenvalue weighted by Gasteiger charge is -2.08. The van der Waals surface area contributed by atoms with Crippen LogP contribution in [-0.4, -0.2) is 17.1 Å². The zero-order valence-corrected chi connectivity index (χ0v) is 16.0. The molecule has 140 valence electrons. The zero-order chi connectivity index (χ0) is 18.9. The lowest BCUT2D eigenvalue weighted by Crippen LogP contribution is -1.96. The van der Waals surface area contributed by atoms with Crippen LogP contribution in [0.25, 0.3) is 11.4 Å². The van der Waals surface area contributed by atoms with Gasteiger partial charge in [-0.3, -0.25) is 0 Å². The van der Waals surface area contributed by atoms with Crippen molar-refractivity contribution in [3.63, 3.8) is 0 Å². The fourth-order valence-corrected chi connectivity index (χ4v) is 2.80. The average molecular weight is 362 g/mol. The molecule has 2 aromatic carbocycles. The summed E-state index contributed by atoms with van der Waals surface area (Å²) in [6.45, 7) is 2.73. The molecule has 3 rings (SSSR count). The standard InChI is InChI=1S/C23H26N2O2/c1-3-4-5-6-19-15-24-23(25-16-19)20-9-13-22(14-10-20)27-17-18-7-11-21(26-2)12-8-18/h7-16H,3-6,17H2,1-2H3. The van der Waals surface area contributed by atoms with E-state index in [1.165, 1.54) is 24.8 Å². The van der Waals surface area contributed by atoms with Gasteiger partial charge in [0.15, 0.2) is 5.82 Å². The summed E-state index contributed by atoms with van der Waals surface area (Å²) in [6.07, 6.45) is 8.59. The molecule has 1 aromatic heterocycles. The summed E-state index contributed by atoms with van der Waals surface area (Å²) >= 11 is 0. The first-order chi connectivity index (χ1) is 13.3. The normalized spacial score (nSPS) is 10.6. The third kappa shape index (κ3) is 5.55. The van der Waals surface area contributed by atoms with Crippen molar-refractivity contribution in [2.75, 3.05) is 7.11 Å². The lowest BCUT2D eigenvalue weighted by molar-refractivity contribution is 0.306. The summed E-state index contributed by atoms with van der Waals surface area (Å²) in [5.74, 6) is 2.42. The van der Waals surface area contributed by atoms with Crippen LogP contribution in [0.3, 0.4) is 0 Å². The Bertz CT molecular complexity index is 813. The van der Waals surface area contributed by atoms with Crippen LogP contribution >= 0.6 is 0 Å². The number of unbranched alkanes of at least 4 members (excludes halogenated alkanes) is 2. The van der Waals surface area contributed by atoms with Gasteiger partial charge in [0.25, 0.3) is 0 Å². The van der Waals surface area contributed by atoms with Crippen LogP contribution in [0.1, 0.15) is 37.3 Å². The third-order valence-electron chi connectivity index (χ3n) is 4.45. The fraction of sp³-hybridized carbons (Fsp3) is 0.304. The number of hydrogen-bond acceptors (Lipinski definition) is 4. The Morgan fingerprint density at radius 2 is 1.44 bits per heavy atom. The smallest absolute Gasteiger partial charge is 0.159 e. The highest BCUT2D eigenvalue weighted by Crippen LogP contribution is 2.21. The van der Waals surface area contributed by atoms with Crippen LogP contribution < -0.4 is 9.47 Å². The molecule has 0 spiro atoms. The minimum absolute atomic E-state index is 0.520. The van der Waals surface area contributed by atoms with Gasteiger partial charge < -0.3 is 9.47 Å². The molecule has 0 aliphatic rings. The molecule has 4 nitrogen and oxygen atoms in total. The molecule has 0 saturated carbocycles. The van der Waals surface area contributed by atoms with Gasteiger partial charge in [0.05, 0.1) is 7.11 Å². The van der Waals surface area contributed by atoms with E-state index in [0.29, 0.717) is 6.61 Å². The van der Waals surface area contributed by atoms with E-state index in [1.54, 1.807) is 7.11 Å². The molecular formula is C23H26N2O2. The minimum atomic E-state index is 0.520. The molecule has 27 heavy (non-hydrogen) atoms. The third-order valence-corrected chi connectivity index (χ3v) is 4.45. The maximum Gasteiger partial charge on any atom is 0.159 e. The van der Waals surface area contributed by atoms with E-state index >= 15 is 0 Å². The second-order valence-corrected chi connectivity index (χ2v) is 6.53. The summed E-state index contributed by atoms with van der Waals surface area (Å²) in [5.41, 5.74) is 3.29. The predicted molar refractivity (Wildman–Crippen MR) is 108 cm³/mol. The molecule has 3 aromatic rings. The van der Waals surface area contributed by atoms with Crippen molar-refractivity contribution in [1.29, 1.82) is 0 Å². The van der Waals surface area contributed by atoms with Crippen LogP contribution in [0.15, 0.2) is 60.9 Å². The molecule has 0 fully saturated rings. The Labute approximate surface area is 161 Å². The molecule has 0 radical (unpaired) electrons. The SMILES string of the molecule is CCCCCc1cnc(-c2ccc(OCc3ccc(OC)cc3)cc2)nc1. The summed E-state index contributed by atoms with van der Waals surface area (Å²) in [4.78, 5) is 9.01. The number of hydrogen-bond donors (Lipinski definition) is 0. The van der Waals surface area contributed by atoms with E-state index in [4.69, 9.17) is 9.47 Å². The minimum Gasteiger partial charge on any atom is -0.497 e. The van der Waals surface area contributed by atoms with Crippen molar-refractivity contribution in [3.05, 3.63) is 72.1 Å². The van der Waals surface area contributed by atoms with E-state index in [9.17, 15) is 0 Å². The van der Waals surface area contributed by atoms with Gasteiger partial charge in [0.2, 0.25) is 0 Å². The highest BCUT2D eigenvalue weighted by atomic mass is 16.5. The first-order valence-electron chi connectivity index (χ1n) is 9.45. The Morgan fingerprint density at radius 1 is 0.778 bits per heavy atom. The summed E-state index contributed by atoms with van der Waals surface area (Å²) in [5, 5.41) is 0. The van der Waals surface area contributed by atoms with E-state index in [1.807, 2.05) is 60.9 Å². The van der Waals surface area contributed by atoms with E-state index in [0.717, 1.165) is 34.9 Å². The molecule has 0 saturated heterocycles. The number of benzene rings is 2. The molecule has 1 heterocycles.